The Bertz CT molecular complexity index is 1180. The highest BCUT2D eigenvalue weighted by Crippen LogP contribution is 2.16. The van der Waals surface area contributed by atoms with Gasteiger partial charge >= 0.3 is 0 Å². The van der Waals surface area contributed by atoms with Crippen LogP contribution < -0.4 is 10.6 Å². The molecular weight excluding hydrogens is 380 g/mol. The fourth-order valence-electron chi connectivity index (χ4n) is 3.32. The lowest BCUT2D eigenvalue weighted by Crippen LogP contribution is -2.29. The van der Waals surface area contributed by atoms with E-state index in [1.54, 1.807) is 24.5 Å². The maximum atomic E-state index is 12.6. The Labute approximate surface area is 173 Å². The minimum absolute atomic E-state index is 0.0940. The molecule has 0 unspecified atom stereocenters. The number of nitrogens with zero attached hydrogens (tertiary/aromatic N) is 2. The third kappa shape index (κ3) is 4.25. The number of rotatable bonds is 7. The zero-order valence-electron chi connectivity index (χ0n) is 16.6. The lowest BCUT2D eigenvalue weighted by Gasteiger charge is -2.11. The van der Waals surface area contributed by atoms with Gasteiger partial charge in [-0.1, -0.05) is 30.3 Å². The topological polar surface area (TPSA) is 89.2 Å². The second-order valence-electron chi connectivity index (χ2n) is 6.96. The van der Waals surface area contributed by atoms with E-state index in [9.17, 15) is 9.59 Å². The molecule has 7 nitrogen and oxygen atoms in total. The maximum Gasteiger partial charge on any atom is 0.251 e. The average molecular weight is 402 g/mol. The number of aromatic nitrogens is 2. The number of hydrogen-bond donors (Lipinski definition) is 2. The summed E-state index contributed by atoms with van der Waals surface area (Å²) in [5, 5.41) is 5.76. The lowest BCUT2D eigenvalue weighted by molar-refractivity contribution is -0.121. The number of carbonyl (C=O) groups is 2. The third-order valence-corrected chi connectivity index (χ3v) is 4.87. The van der Waals surface area contributed by atoms with Crippen LogP contribution in [0.5, 0.6) is 0 Å². The first kappa shape index (κ1) is 19.4. The van der Waals surface area contributed by atoms with E-state index in [2.05, 4.69) is 15.6 Å². The van der Waals surface area contributed by atoms with E-state index >= 15 is 0 Å². The Morgan fingerprint density at radius 1 is 0.967 bits per heavy atom. The first-order valence-electron chi connectivity index (χ1n) is 9.69. The van der Waals surface area contributed by atoms with Crippen molar-refractivity contribution in [3.8, 4) is 0 Å². The van der Waals surface area contributed by atoms with Gasteiger partial charge in [-0.25, -0.2) is 4.98 Å². The summed E-state index contributed by atoms with van der Waals surface area (Å²) in [4.78, 5) is 29.7. The Morgan fingerprint density at radius 3 is 2.57 bits per heavy atom. The van der Waals surface area contributed by atoms with Crippen molar-refractivity contribution in [2.75, 3.05) is 0 Å². The van der Waals surface area contributed by atoms with Crippen LogP contribution in [0.15, 0.2) is 71.3 Å². The molecule has 2 N–H and O–H groups in total. The van der Waals surface area contributed by atoms with Gasteiger partial charge in [0.2, 0.25) is 5.91 Å². The van der Waals surface area contributed by atoms with E-state index in [1.807, 2.05) is 54.0 Å². The first-order valence-corrected chi connectivity index (χ1v) is 9.69. The van der Waals surface area contributed by atoms with Crippen LogP contribution in [-0.2, 0) is 24.4 Å². The van der Waals surface area contributed by atoms with Crippen LogP contribution in [0.3, 0.4) is 0 Å². The molecule has 2 aromatic heterocycles. The molecule has 2 aromatic carbocycles. The van der Waals surface area contributed by atoms with Crippen molar-refractivity contribution in [2.45, 2.75) is 26.6 Å². The van der Waals surface area contributed by atoms with Crippen molar-refractivity contribution in [1.29, 1.82) is 0 Å². The molecule has 0 bridgehead atoms. The van der Waals surface area contributed by atoms with Crippen LogP contribution in [0.25, 0.3) is 11.0 Å². The molecule has 7 heteroatoms. The molecule has 0 aliphatic heterocycles. The van der Waals surface area contributed by atoms with Gasteiger partial charge in [0, 0.05) is 5.56 Å². The molecule has 0 aliphatic rings. The summed E-state index contributed by atoms with van der Waals surface area (Å²) in [7, 11) is 0. The largest absolute Gasteiger partial charge is 0.467 e. The number of fused-ring (bicyclic) bond motifs is 1. The standard InChI is InChI=1S/C23H22N4O3/c1-16-7-2-3-9-18(16)23(29)25-14-21-26-19-10-4-5-11-20(19)27(21)15-22(28)24-13-17-8-6-12-30-17/h2-12H,13-15H2,1H3,(H,24,28)(H,25,29). The lowest BCUT2D eigenvalue weighted by atomic mass is 10.1. The van der Waals surface area contributed by atoms with Crippen molar-refractivity contribution in [2.24, 2.45) is 0 Å². The summed E-state index contributed by atoms with van der Waals surface area (Å²) in [6, 6.07) is 18.6. The van der Waals surface area contributed by atoms with Crippen molar-refractivity contribution in [3.05, 3.63) is 89.6 Å². The van der Waals surface area contributed by atoms with Crippen molar-refractivity contribution in [3.63, 3.8) is 0 Å². The monoisotopic (exact) mass is 402 g/mol. The number of amides is 2. The first-order chi connectivity index (χ1) is 14.6. The molecule has 2 amide bonds. The van der Waals surface area contributed by atoms with E-state index in [0.29, 0.717) is 23.7 Å². The van der Waals surface area contributed by atoms with Gasteiger partial charge in [0.05, 0.1) is 30.4 Å². The van der Waals surface area contributed by atoms with Crippen LogP contribution in [0, 0.1) is 6.92 Å². The molecule has 30 heavy (non-hydrogen) atoms. The fraction of sp³-hybridized carbons (Fsp3) is 0.174. The van der Waals surface area contributed by atoms with Crippen molar-refractivity contribution < 1.29 is 14.0 Å². The van der Waals surface area contributed by atoms with Crippen LogP contribution >= 0.6 is 0 Å². The highest BCUT2D eigenvalue weighted by atomic mass is 16.3. The highest BCUT2D eigenvalue weighted by Gasteiger charge is 2.15. The van der Waals surface area contributed by atoms with Gasteiger partial charge in [-0.2, -0.15) is 0 Å². The van der Waals surface area contributed by atoms with Gasteiger partial charge in [0.15, 0.2) is 0 Å². The third-order valence-electron chi connectivity index (χ3n) is 4.87. The van der Waals surface area contributed by atoms with E-state index in [0.717, 1.165) is 16.6 Å². The summed E-state index contributed by atoms with van der Waals surface area (Å²) in [6.45, 7) is 2.52. The second kappa shape index (κ2) is 8.65. The number of nitrogens with one attached hydrogen (secondary N) is 2. The Hall–Kier alpha value is -3.87. The van der Waals surface area contributed by atoms with Gasteiger partial charge < -0.3 is 19.6 Å². The predicted octanol–water partition coefficient (Wildman–Crippen LogP) is 3.18. The molecule has 0 fully saturated rings. The quantitative estimate of drug-likeness (QED) is 0.497. The van der Waals surface area contributed by atoms with E-state index in [4.69, 9.17) is 4.42 Å². The summed E-state index contributed by atoms with van der Waals surface area (Å²) in [6.07, 6.45) is 1.57. The molecule has 0 aliphatic carbocycles. The van der Waals surface area contributed by atoms with Crippen LogP contribution in [0.2, 0.25) is 0 Å². The number of furan rings is 1. The molecule has 0 spiro atoms. The molecule has 0 radical (unpaired) electrons. The summed E-state index contributed by atoms with van der Waals surface area (Å²) < 4.78 is 7.07. The number of carbonyl (C=O) groups excluding carboxylic acids is 2. The number of aryl methyl sites for hydroxylation is 1. The number of para-hydroxylation sites is 2. The molecular formula is C23H22N4O3. The average Bonchev–Trinajstić information content (AvgIpc) is 3.39. The number of imidazole rings is 1. The molecule has 0 saturated carbocycles. The minimum atomic E-state index is -0.172. The molecule has 4 rings (SSSR count). The smallest absolute Gasteiger partial charge is 0.251 e. The maximum absolute atomic E-state index is 12.6. The Balaban J connectivity index is 1.50. The minimum Gasteiger partial charge on any atom is -0.467 e. The summed E-state index contributed by atoms with van der Waals surface area (Å²) in [5.41, 5.74) is 3.14. The second-order valence-corrected chi connectivity index (χ2v) is 6.96. The summed E-state index contributed by atoms with van der Waals surface area (Å²) >= 11 is 0. The van der Waals surface area contributed by atoms with Crippen molar-refractivity contribution >= 4 is 22.8 Å². The van der Waals surface area contributed by atoms with E-state index in [1.165, 1.54) is 0 Å². The predicted molar refractivity (Wildman–Crippen MR) is 113 cm³/mol. The molecule has 4 aromatic rings. The van der Waals surface area contributed by atoms with Gasteiger partial charge in [0.1, 0.15) is 18.1 Å². The fourth-order valence-corrected chi connectivity index (χ4v) is 3.32. The zero-order valence-corrected chi connectivity index (χ0v) is 16.6. The van der Waals surface area contributed by atoms with Crippen LogP contribution in [0.1, 0.15) is 27.5 Å². The molecule has 0 saturated heterocycles. The molecule has 152 valence electrons. The van der Waals surface area contributed by atoms with Gasteiger partial charge in [-0.15, -0.1) is 0 Å². The molecule has 0 atom stereocenters. The Kier molecular flexibility index (Phi) is 5.61. The molecule has 2 heterocycles. The zero-order chi connectivity index (χ0) is 20.9. The highest BCUT2D eigenvalue weighted by molar-refractivity contribution is 5.95. The Morgan fingerprint density at radius 2 is 1.77 bits per heavy atom. The number of benzene rings is 2. The van der Waals surface area contributed by atoms with Crippen molar-refractivity contribution in [1.82, 2.24) is 20.2 Å². The van der Waals surface area contributed by atoms with Gasteiger partial charge in [-0.3, -0.25) is 9.59 Å². The van der Waals surface area contributed by atoms with E-state index in [-0.39, 0.29) is 24.9 Å². The van der Waals surface area contributed by atoms with Crippen LogP contribution in [-0.4, -0.2) is 21.4 Å². The summed E-state index contributed by atoms with van der Waals surface area (Å²) in [5.74, 6) is 0.964. The van der Waals surface area contributed by atoms with Gasteiger partial charge in [0.25, 0.3) is 5.91 Å². The normalized spacial score (nSPS) is 10.8. The SMILES string of the molecule is Cc1ccccc1C(=O)NCc1nc2ccccc2n1CC(=O)NCc1ccco1. The number of hydrogen-bond acceptors (Lipinski definition) is 4. The van der Waals surface area contributed by atoms with Gasteiger partial charge in [-0.05, 0) is 42.8 Å². The van der Waals surface area contributed by atoms with Crippen LogP contribution in [0.4, 0.5) is 0 Å². The van der Waals surface area contributed by atoms with E-state index < -0.39 is 0 Å².